The fraction of sp³-hybridized carbons (Fsp3) is 0.118. The Bertz CT molecular complexity index is 985. The number of H-pyrrole nitrogens is 1. The number of hydrogen-bond acceptors (Lipinski definition) is 6. The van der Waals surface area contributed by atoms with Crippen LogP contribution in [0.4, 0.5) is 5.95 Å². The van der Waals surface area contributed by atoms with Crippen LogP contribution in [0.2, 0.25) is 0 Å². The predicted molar refractivity (Wildman–Crippen MR) is 90.1 cm³/mol. The van der Waals surface area contributed by atoms with Crippen molar-refractivity contribution in [3.63, 3.8) is 0 Å². The van der Waals surface area contributed by atoms with Crippen LogP contribution >= 0.6 is 0 Å². The number of nitrogens with zero attached hydrogens (tertiary/aromatic N) is 2. The van der Waals surface area contributed by atoms with Crippen LogP contribution in [0.1, 0.15) is 17.3 Å². The Hall–Kier alpha value is -3.55. The van der Waals surface area contributed by atoms with Gasteiger partial charge in [0.2, 0.25) is 11.5 Å². The number of aromatic nitrogens is 3. The zero-order valence-corrected chi connectivity index (χ0v) is 13.2. The summed E-state index contributed by atoms with van der Waals surface area (Å²) in [5.41, 5.74) is 0.173. The molecule has 25 heavy (non-hydrogen) atoms. The first-order valence-corrected chi connectivity index (χ1v) is 7.45. The molecule has 126 valence electrons. The van der Waals surface area contributed by atoms with Gasteiger partial charge in [-0.15, -0.1) is 0 Å². The summed E-state index contributed by atoms with van der Waals surface area (Å²) >= 11 is 0. The largest absolute Gasteiger partial charge is 0.449 e. The number of benzene rings is 1. The van der Waals surface area contributed by atoms with E-state index in [1.54, 1.807) is 30.3 Å². The second-order valence-corrected chi connectivity index (χ2v) is 5.20. The highest BCUT2D eigenvalue weighted by atomic mass is 16.5. The van der Waals surface area contributed by atoms with Crippen molar-refractivity contribution < 1.29 is 14.3 Å². The molecular weight excluding hydrogens is 324 g/mol. The van der Waals surface area contributed by atoms with Crippen molar-refractivity contribution in [1.29, 1.82) is 0 Å². The zero-order valence-electron chi connectivity index (χ0n) is 13.2. The second kappa shape index (κ2) is 6.91. The van der Waals surface area contributed by atoms with E-state index in [4.69, 9.17) is 4.74 Å². The molecule has 3 aromatic rings. The summed E-state index contributed by atoms with van der Waals surface area (Å²) in [5, 5.41) is 2.97. The molecule has 0 aliphatic carbocycles. The Morgan fingerprint density at radius 1 is 1.16 bits per heavy atom. The van der Waals surface area contributed by atoms with Gasteiger partial charge in [0.25, 0.3) is 5.91 Å². The first kappa shape index (κ1) is 16.3. The lowest BCUT2D eigenvalue weighted by Crippen LogP contribution is -2.31. The lowest BCUT2D eigenvalue weighted by Gasteiger charge is -2.13. The Morgan fingerprint density at radius 2 is 1.88 bits per heavy atom. The van der Waals surface area contributed by atoms with Crippen LogP contribution in [0.5, 0.6) is 0 Å². The molecule has 0 radical (unpaired) electrons. The van der Waals surface area contributed by atoms with Crippen molar-refractivity contribution in [2.45, 2.75) is 13.0 Å². The molecule has 3 rings (SSSR count). The molecule has 1 aromatic carbocycles. The first-order chi connectivity index (χ1) is 12.0. The van der Waals surface area contributed by atoms with E-state index in [1.165, 1.54) is 19.3 Å². The molecule has 1 unspecified atom stereocenters. The molecule has 0 aliphatic heterocycles. The standard InChI is InChI=1S/C17H14N4O4/c1-10(15(23)21-17-18-7-4-8-19-17)25-16(24)12-9-14(22)20-13-6-3-2-5-11(12)13/h2-10H,1H3,(H,20,22)(H,18,19,21,23). The van der Waals surface area contributed by atoms with Crippen molar-refractivity contribution in [3.05, 3.63) is 64.7 Å². The normalized spacial score (nSPS) is 11.7. The third-order valence-corrected chi connectivity index (χ3v) is 3.42. The summed E-state index contributed by atoms with van der Waals surface area (Å²) in [6.07, 6.45) is 1.86. The van der Waals surface area contributed by atoms with Crippen molar-refractivity contribution in [2.24, 2.45) is 0 Å². The van der Waals surface area contributed by atoms with E-state index < -0.39 is 23.5 Å². The average Bonchev–Trinajstić information content (AvgIpc) is 2.61. The number of pyridine rings is 1. The third kappa shape index (κ3) is 3.69. The first-order valence-electron chi connectivity index (χ1n) is 7.45. The van der Waals surface area contributed by atoms with Gasteiger partial charge in [-0.05, 0) is 19.1 Å². The fourth-order valence-electron chi connectivity index (χ4n) is 2.23. The van der Waals surface area contributed by atoms with Crippen molar-refractivity contribution in [2.75, 3.05) is 5.32 Å². The number of ether oxygens (including phenoxy) is 1. The molecule has 0 saturated heterocycles. The lowest BCUT2D eigenvalue weighted by molar-refractivity contribution is -0.123. The van der Waals surface area contributed by atoms with Crippen LogP contribution in [0, 0.1) is 0 Å². The fourth-order valence-corrected chi connectivity index (χ4v) is 2.23. The number of anilines is 1. The summed E-state index contributed by atoms with van der Waals surface area (Å²) < 4.78 is 5.17. The van der Waals surface area contributed by atoms with E-state index in [2.05, 4.69) is 20.3 Å². The maximum Gasteiger partial charge on any atom is 0.339 e. The molecule has 2 aromatic heterocycles. The molecule has 0 saturated carbocycles. The number of fused-ring (bicyclic) bond motifs is 1. The Labute approximate surface area is 141 Å². The SMILES string of the molecule is CC(OC(=O)c1cc(=O)[nH]c2ccccc12)C(=O)Nc1ncccn1. The number of nitrogens with one attached hydrogen (secondary N) is 2. The number of para-hydroxylation sites is 1. The van der Waals surface area contributed by atoms with Gasteiger partial charge >= 0.3 is 5.97 Å². The smallest absolute Gasteiger partial charge is 0.339 e. The van der Waals surface area contributed by atoms with Gasteiger partial charge in [-0.2, -0.15) is 0 Å². The van der Waals surface area contributed by atoms with Crippen molar-refractivity contribution in [3.8, 4) is 0 Å². The van der Waals surface area contributed by atoms with Crippen LogP contribution in [0.15, 0.2) is 53.6 Å². The van der Waals surface area contributed by atoms with Crippen LogP contribution < -0.4 is 10.9 Å². The van der Waals surface area contributed by atoms with E-state index in [0.717, 1.165) is 6.07 Å². The number of carbonyl (C=O) groups is 2. The molecule has 2 heterocycles. The predicted octanol–water partition coefficient (Wildman–Crippen LogP) is 1.50. The molecule has 0 spiro atoms. The van der Waals surface area contributed by atoms with Gasteiger partial charge in [0.1, 0.15) is 0 Å². The average molecular weight is 338 g/mol. The minimum atomic E-state index is -1.09. The maximum atomic E-state index is 12.4. The Morgan fingerprint density at radius 3 is 2.64 bits per heavy atom. The summed E-state index contributed by atoms with van der Waals surface area (Å²) in [4.78, 5) is 46.5. The molecule has 1 amide bonds. The van der Waals surface area contributed by atoms with Crippen LogP contribution in [0.25, 0.3) is 10.9 Å². The monoisotopic (exact) mass is 338 g/mol. The van der Waals surface area contributed by atoms with Gasteiger partial charge in [0, 0.05) is 29.4 Å². The van der Waals surface area contributed by atoms with Crippen LogP contribution in [0.3, 0.4) is 0 Å². The quantitative estimate of drug-likeness (QED) is 0.697. The third-order valence-electron chi connectivity index (χ3n) is 3.42. The molecule has 0 bridgehead atoms. The van der Waals surface area contributed by atoms with Crippen molar-refractivity contribution >= 4 is 28.7 Å². The van der Waals surface area contributed by atoms with E-state index in [1.807, 2.05) is 0 Å². The molecule has 0 fully saturated rings. The summed E-state index contributed by atoms with van der Waals surface area (Å²) in [6, 6.07) is 9.59. The highest BCUT2D eigenvalue weighted by Crippen LogP contribution is 2.16. The van der Waals surface area contributed by atoms with Crippen molar-refractivity contribution in [1.82, 2.24) is 15.0 Å². The highest BCUT2D eigenvalue weighted by Gasteiger charge is 2.21. The molecule has 0 aliphatic rings. The number of hydrogen-bond donors (Lipinski definition) is 2. The lowest BCUT2D eigenvalue weighted by atomic mass is 10.1. The summed E-state index contributed by atoms with van der Waals surface area (Å²) in [6.45, 7) is 1.42. The van der Waals surface area contributed by atoms with E-state index in [-0.39, 0.29) is 11.5 Å². The van der Waals surface area contributed by atoms with Gasteiger partial charge in [-0.3, -0.25) is 14.9 Å². The summed E-state index contributed by atoms with van der Waals surface area (Å²) in [7, 11) is 0. The van der Waals surface area contributed by atoms with E-state index in [9.17, 15) is 14.4 Å². The van der Waals surface area contributed by atoms with E-state index in [0.29, 0.717) is 10.9 Å². The topological polar surface area (TPSA) is 114 Å². The Kier molecular flexibility index (Phi) is 4.51. The number of carbonyl (C=O) groups excluding carboxylic acids is 2. The van der Waals surface area contributed by atoms with Gasteiger partial charge in [-0.1, -0.05) is 18.2 Å². The molecule has 8 nitrogen and oxygen atoms in total. The van der Waals surface area contributed by atoms with Gasteiger partial charge < -0.3 is 9.72 Å². The van der Waals surface area contributed by atoms with Crippen LogP contribution in [-0.2, 0) is 9.53 Å². The van der Waals surface area contributed by atoms with E-state index >= 15 is 0 Å². The maximum absolute atomic E-state index is 12.4. The van der Waals surface area contributed by atoms with Gasteiger partial charge in [-0.25, -0.2) is 14.8 Å². The minimum absolute atomic E-state index is 0.0926. The zero-order chi connectivity index (χ0) is 17.8. The molecular formula is C17H14N4O4. The Balaban J connectivity index is 1.78. The van der Waals surface area contributed by atoms with Gasteiger partial charge in [0.05, 0.1) is 5.56 Å². The highest BCUT2D eigenvalue weighted by molar-refractivity contribution is 6.04. The number of esters is 1. The number of aromatic amines is 1. The molecule has 2 N–H and O–H groups in total. The molecule has 8 heteroatoms. The number of amides is 1. The molecule has 1 atom stereocenters. The second-order valence-electron chi connectivity index (χ2n) is 5.20. The van der Waals surface area contributed by atoms with Crippen LogP contribution in [-0.4, -0.2) is 32.9 Å². The summed E-state index contributed by atoms with van der Waals surface area (Å²) in [5.74, 6) is -1.23. The minimum Gasteiger partial charge on any atom is -0.449 e. The number of rotatable bonds is 4. The van der Waals surface area contributed by atoms with Gasteiger partial charge in [0.15, 0.2) is 6.10 Å².